The molecule has 1 rings (SSSR count). The predicted molar refractivity (Wildman–Crippen MR) is 69.4 cm³/mol. The summed E-state index contributed by atoms with van der Waals surface area (Å²) in [6.45, 7) is 4.00. The van der Waals surface area contributed by atoms with Crippen molar-refractivity contribution >= 4 is 12.0 Å². The molecule has 6 nitrogen and oxygen atoms in total. The first kappa shape index (κ1) is 21.1. The highest BCUT2D eigenvalue weighted by molar-refractivity contribution is 5.80. The van der Waals surface area contributed by atoms with Crippen molar-refractivity contribution in [3.63, 3.8) is 0 Å². The lowest BCUT2D eigenvalue weighted by molar-refractivity contribution is -0.385. The van der Waals surface area contributed by atoms with Crippen molar-refractivity contribution in [1.82, 2.24) is 0 Å². The Morgan fingerprint density at radius 1 is 1.29 bits per heavy atom. The van der Waals surface area contributed by atoms with Crippen LogP contribution in [0.4, 0.5) is 18.9 Å². The molecule has 0 saturated carbocycles. The maximum Gasteiger partial charge on any atom is 0.417 e. The van der Waals surface area contributed by atoms with Crippen LogP contribution in [0.15, 0.2) is 12.1 Å². The second-order valence-corrected chi connectivity index (χ2v) is 3.21. The molecule has 0 bridgehead atoms. The number of phenolic OH excluding ortho intramolecular Hbond substituents is 1. The van der Waals surface area contributed by atoms with Gasteiger partial charge in [-0.2, -0.15) is 13.2 Å². The highest BCUT2D eigenvalue weighted by atomic mass is 19.4. The van der Waals surface area contributed by atoms with Crippen molar-refractivity contribution in [1.29, 1.82) is 0 Å². The minimum absolute atomic E-state index is 0.155. The van der Waals surface area contributed by atoms with Gasteiger partial charge >= 0.3 is 11.9 Å². The Bertz CT molecular complexity index is 475. The monoisotopic (exact) mass is 311 g/mol. The number of nitro groups is 1. The standard InChI is InChI=1S/C8H4F3NO4.C2H6O.C2H6/c9-8(10,11)5-2-7(14)6(12(15)16)1-4(5)3-13;1-3-2;1-2/h1-3,14H;1-2H3;1-2H3. The third kappa shape index (κ3) is 6.70. The summed E-state index contributed by atoms with van der Waals surface area (Å²) in [5.74, 6) is -1.14. The van der Waals surface area contributed by atoms with Gasteiger partial charge in [-0.25, -0.2) is 0 Å². The highest BCUT2D eigenvalue weighted by Gasteiger charge is 2.35. The molecule has 1 aromatic carbocycles. The second-order valence-electron chi connectivity index (χ2n) is 3.21. The van der Waals surface area contributed by atoms with Crippen molar-refractivity contribution in [2.75, 3.05) is 14.2 Å². The summed E-state index contributed by atoms with van der Waals surface area (Å²) in [7, 11) is 3.25. The number of hydrogen-bond donors (Lipinski definition) is 1. The summed E-state index contributed by atoms with van der Waals surface area (Å²) in [5, 5.41) is 19.3. The molecule has 0 aliphatic carbocycles. The van der Waals surface area contributed by atoms with Gasteiger partial charge in [0.2, 0.25) is 0 Å². The van der Waals surface area contributed by atoms with Crippen LogP contribution < -0.4 is 0 Å². The van der Waals surface area contributed by atoms with Crippen LogP contribution in [0.3, 0.4) is 0 Å². The number of rotatable bonds is 2. The van der Waals surface area contributed by atoms with Gasteiger partial charge in [-0.3, -0.25) is 14.9 Å². The lowest BCUT2D eigenvalue weighted by Gasteiger charge is -2.09. The molecule has 0 atom stereocenters. The third-order valence-electron chi connectivity index (χ3n) is 1.78. The Kier molecular flexibility index (Phi) is 9.76. The molecule has 0 amide bonds. The molecule has 0 heterocycles. The average Bonchev–Trinajstić information content (AvgIpc) is 2.40. The van der Waals surface area contributed by atoms with Crippen LogP contribution in [0.2, 0.25) is 0 Å². The first-order valence-corrected chi connectivity index (χ1v) is 5.62. The molecular weight excluding hydrogens is 295 g/mol. The zero-order valence-corrected chi connectivity index (χ0v) is 11.9. The number of benzene rings is 1. The van der Waals surface area contributed by atoms with Crippen LogP contribution in [-0.4, -0.2) is 30.5 Å². The van der Waals surface area contributed by atoms with E-state index in [9.17, 15) is 28.1 Å². The minimum atomic E-state index is -4.86. The number of methoxy groups -OCH3 is 1. The molecule has 0 aliphatic rings. The van der Waals surface area contributed by atoms with E-state index in [1.54, 1.807) is 14.2 Å². The quantitative estimate of drug-likeness (QED) is 0.513. The molecule has 0 unspecified atom stereocenters. The summed E-state index contributed by atoms with van der Waals surface area (Å²) in [6, 6.07) is 0.535. The van der Waals surface area contributed by atoms with E-state index < -0.39 is 33.7 Å². The summed E-state index contributed by atoms with van der Waals surface area (Å²) >= 11 is 0. The molecule has 120 valence electrons. The predicted octanol–water partition coefficient (Wildman–Crippen LogP) is 3.42. The molecule has 0 radical (unpaired) electrons. The number of nitro benzene ring substituents is 1. The lowest BCUT2D eigenvalue weighted by Crippen LogP contribution is -2.09. The zero-order valence-electron chi connectivity index (χ0n) is 11.9. The molecule has 0 aliphatic heterocycles. The van der Waals surface area contributed by atoms with Crippen molar-refractivity contribution in [2.45, 2.75) is 20.0 Å². The maximum atomic E-state index is 12.3. The smallest absolute Gasteiger partial charge is 0.417 e. The van der Waals surface area contributed by atoms with Gasteiger partial charge in [-0.05, 0) is 0 Å². The number of phenols is 1. The highest BCUT2D eigenvalue weighted by Crippen LogP contribution is 2.37. The Balaban J connectivity index is 0. The second kappa shape index (κ2) is 9.70. The number of nitrogens with zero attached hydrogens (tertiary/aromatic N) is 1. The number of aldehydes is 1. The van der Waals surface area contributed by atoms with Crippen LogP contribution in [-0.2, 0) is 10.9 Å². The normalized spacial score (nSPS) is 9.67. The van der Waals surface area contributed by atoms with E-state index in [-0.39, 0.29) is 12.4 Å². The number of ether oxygens (including phenoxy) is 1. The van der Waals surface area contributed by atoms with Crippen LogP contribution in [0.5, 0.6) is 5.75 Å². The van der Waals surface area contributed by atoms with Crippen molar-refractivity contribution in [2.24, 2.45) is 0 Å². The number of halogens is 3. The maximum absolute atomic E-state index is 12.3. The fourth-order valence-electron chi connectivity index (χ4n) is 1.08. The Morgan fingerprint density at radius 3 is 2.00 bits per heavy atom. The summed E-state index contributed by atoms with van der Waals surface area (Å²) < 4.78 is 41.2. The minimum Gasteiger partial charge on any atom is -0.502 e. The van der Waals surface area contributed by atoms with Crippen molar-refractivity contribution < 1.29 is 32.7 Å². The van der Waals surface area contributed by atoms with E-state index in [4.69, 9.17) is 5.11 Å². The average molecular weight is 311 g/mol. The molecule has 21 heavy (non-hydrogen) atoms. The van der Waals surface area contributed by atoms with Crippen LogP contribution in [0.1, 0.15) is 29.8 Å². The molecule has 0 fully saturated rings. The number of aromatic hydroxyl groups is 1. The van der Waals surface area contributed by atoms with E-state index in [0.717, 1.165) is 0 Å². The van der Waals surface area contributed by atoms with Gasteiger partial charge in [-0.1, -0.05) is 13.8 Å². The molecule has 1 N–H and O–H groups in total. The number of alkyl halides is 3. The van der Waals surface area contributed by atoms with E-state index in [1.165, 1.54) is 0 Å². The zero-order chi connectivity index (χ0) is 17.2. The molecule has 1 aromatic rings. The number of carbonyl (C=O) groups is 1. The summed E-state index contributed by atoms with van der Waals surface area (Å²) in [5.41, 5.74) is -3.25. The van der Waals surface area contributed by atoms with E-state index in [0.29, 0.717) is 6.07 Å². The third-order valence-corrected chi connectivity index (χ3v) is 1.78. The number of carbonyl (C=O) groups excluding carboxylic acids is 1. The summed E-state index contributed by atoms with van der Waals surface area (Å²) in [4.78, 5) is 19.6. The van der Waals surface area contributed by atoms with Crippen LogP contribution >= 0.6 is 0 Å². The Labute approximate surface area is 119 Å². The van der Waals surface area contributed by atoms with Crippen LogP contribution in [0, 0.1) is 10.1 Å². The first-order chi connectivity index (χ1) is 9.68. The number of hydrogen-bond acceptors (Lipinski definition) is 5. The fraction of sp³-hybridized carbons (Fsp3) is 0.417. The van der Waals surface area contributed by atoms with Crippen LogP contribution in [0.25, 0.3) is 0 Å². The summed E-state index contributed by atoms with van der Waals surface area (Å²) in [6.07, 6.45) is -5.02. The molecular formula is C12H16F3NO5. The molecule has 0 aromatic heterocycles. The van der Waals surface area contributed by atoms with E-state index in [1.807, 2.05) is 13.8 Å². The topological polar surface area (TPSA) is 89.7 Å². The van der Waals surface area contributed by atoms with Gasteiger partial charge in [0.25, 0.3) is 0 Å². The van der Waals surface area contributed by atoms with Gasteiger partial charge < -0.3 is 9.84 Å². The van der Waals surface area contributed by atoms with E-state index in [2.05, 4.69) is 4.74 Å². The van der Waals surface area contributed by atoms with Crippen molar-refractivity contribution in [3.8, 4) is 5.75 Å². The lowest BCUT2D eigenvalue weighted by atomic mass is 10.1. The molecule has 0 saturated heterocycles. The van der Waals surface area contributed by atoms with Gasteiger partial charge in [0.1, 0.15) is 0 Å². The first-order valence-electron chi connectivity index (χ1n) is 5.62. The van der Waals surface area contributed by atoms with Gasteiger partial charge in [0.15, 0.2) is 12.0 Å². The SMILES string of the molecule is CC.COC.O=Cc1cc([N+](=O)[O-])c(O)cc1C(F)(F)F. The Morgan fingerprint density at radius 2 is 1.71 bits per heavy atom. The Hall–Kier alpha value is -2.16. The van der Waals surface area contributed by atoms with Crippen molar-refractivity contribution in [3.05, 3.63) is 33.4 Å². The largest absolute Gasteiger partial charge is 0.502 e. The van der Waals surface area contributed by atoms with Gasteiger partial charge in [0, 0.05) is 31.9 Å². The molecule has 0 spiro atoms. The molecule has 9 heteroatoms. The van der Waals surface area contributed by atoms with Gasteiger partial charge in [-0.15, -0.1) is 0 Å². The fourth-order valence-corrected chi connectivity index (χ4v) is 1.08. The van der Waals surface area contributed by atoms with E-state index >= 15 is 0 Å². The van der Waals surface area contributed by atoms with Gasteiger partial charge in [0.05, 0.1) is 10.5 Å².